The van der Waals surface area contributed by atoms with Crippen LogP contribution in [0.4, 0.5) is 0 Å². The fraction of sp³-hybridized carbons (Fsp3) is 0.444. The number of nitrogens with zero attached hydrogens (tertiary/aromatic N) is 2. The smallest absolute Gasteiger partial charge is 0.265 e. The van der Waals surface area contributed by atoms with E-state index >= 15 is 0 Å². The molecule has 3 heterocycles. The lowest BCUT2D eigenvalue weighted by Gasteiger charge is -2.40. The van der Waals surface area contributed by atoms with Crippen LogP contribution in [-0.4, -0.2) is 41.5 Å². The topological polar surface area (TPSA) is 47.6 Å². The van der Waals surface area contributed by atoms with Gasteiger partial charge in [0.1, 0.15) is 5.82 Å². The van der Waals surface area contributed by atoms with E-state index in [1.807, 2.05) is 22.4 Å². The summed E-state index contributed by atoms with van der Waals surface area (Å²) in [6.45, 7) is 7.65. The van der Waals surface area contributed by atoms with Crippen molar-refractivity contribution in [2.75, 3.05) is 19.6 Å². The molecule has 1 fully saturated rings. The number of thiophene rings is 1. The van der Waals surface area contributed by atoms with Gasteiger partial charge in [0, 0.05) is 42.1 Å². The number of hydrogen-bond acceptors (Lipinski definition) is 5. The third kappa shape index (κ3) is 5.68. The number of amides is 1. The normalized spacial score (nSPS) is 19.2. The Bertz CT molecular complexity index is 975. The second-order valence-electron chi connectivity index (χ2n) is 8.63. The molecule has 0 bridgehead atoms. The number of piperidine rings is 1. The van der Waals surface area contributed by atoms with Gasteiger partial charge in [0.2, 0.25) is 0 Å². The molecule has 1 saturated heterocycles. The Hall–Kier alpha value is -2.57. The van der Waals surface area contributed by atoms with Gasteiger partial charge < -0.3 is 10.2 Å². The van der Waals surface area contributed by atoms with Gasteiger partial charge in [0.15, 0.2) is 6.17 Å². The molecule has 2 aliphatic heterocycles. The van der Waals surface area contributed by atoms with Crippen molar-refractivity contribution in [2.45, 2.75) is 58.7 Å². The zero-order valence-electron chi connectivity index (χ0n) is 19.8. The van der Waals surface area contributed by atoms with Gasteiger partial charge in [-0.2, -0.15) is 0 Å². The molecule has 0 spiro atoms. The van der Waals surface area contributed by atoms with E-state index in [2.05, 4.69) is 77.9 Å². The summed E-state index contributed by atoms with van der Waals surface area (Å²) in [5.74, 6) is 1.10. The van der Waals surface area contributed by atoms with Crippen molar-refractivity contribution in [1.29, 1.82) is 0 Å². The molecule has 33 heavy (non-hydrogen) atoms. The Morgan fingerprint density at radius 2 is 1.91 bits per heavy atom. The standard InChI is InChI=1S/C27H36N4OS/c1-3-5-10-17-31-25(30-15-11-7-12-16-30)20-29-26(27(31)32)28-19-22-18-23(24(4-2)33-22)21-13-8-6-9-14-21/h5-6,8-10,13-14,18,20,26,28-29H,3-4,7,11-12,15-17,19H2,1-2H3/b10-5+. The number of likely N-dealkylation sites (tertiary alicyclic amines) is 1. The number of carbonyl (C=O) groups is 1. The molecule has 4 rings (SSSR count). The van der Waals surface area contributed by atoms with Crippen LogP contribution >= 0.6 is 11.3 Å². The Kier molecular flexibility index (Phi) is 8.24. The average Bonchev–Trinajstić information content (AvgIpc) is 3.29. The molecule has 1 aromatic heterocycles. The summed E-state index contributed by atoms with van der Waals surface area (Å²) < 4.78 is 0. The number of nitrogens with one attached hydrogen (secondary N) is 2. The molecular formula is C27H36N4OS. The van der Waals surface area contributed by atoms with E-state index in [0.717, 1.165) is 31.8 Å². The van der Waals surface area contributed by atoms with E-state index in [-0.39, 0.29) is 5.91 Å². The van der Waals surface area contributed by atoms with Gasteiger partial charge in [0.05, 0.1) is 0 Å². The number of benzene rings is 1. The summed E-state index contributed by atoms with van der Waals surface area (Å²) in [4.78, 5) is 20.4. The van der Waals surface area contributed by atoms with Crippen molar-refractivity contribution < 1.29 is 4.79 Å². The molecule has 1 atom stereocenters. The van der Waals surface area contributed by atoms with Gasteiger partial charge in [0.25, 0.3) is 5.91 Å². The van der Waals surface area contributed by atoms with Crippen molar-refractivity contribution in [3.63, 3.8) is 0 Å². The number of hydrogen-bond donors (Lipinski definition) is 2. The molecule has 1 unspecified atom stereocenters. The first-order valence-corrected chi connectivity index (χ1v) is 13.1. The molecule has 1 aromatic carbocycles. The fourth-order valence-electron chi connectivity index (χ4n) is 4.54. The quantitative estimate of drug-likeness (QED) is 0.509. The fourth-order valence-corrected chi connectivity index (χ4v) is 5.62. The van der Waals surface area contributed by atoms with Gasteiger partial charge in [-0.3, -0.25) is 15.0 Å². The average molecular weight is 465 g/mol. The zero-order chi connectivity index (χ0) is 23.0. The van der Waals surface area contributed by atoms with E-state index in [1.54, 1.807) is 0 Å². The third-order valence-corrected chi connectivity index (χ3v) is 7.56. The summed E-state index contributed by atoms with van der Waals surface area (Å²) >= 11 is 1.84. The van der Waals surface area contributed by atoms with E-state index in [9.17, 15) is 4.79 Å². The SMILES string of the molecule is CC/C=C/CN1C(=O)C(NCc2cc(-c3ccccc3)c(CC)s2)NC=C1N1CCCCC1. The van der Waals surface area contributed by atoms with Crippen molar-refractivity contribution >= 4 is 17.2 Å². The highest BCUT2D eigenvalue weighted by molar-refractivity contribution is 7.12. The van der Waals surface area contributed by atoms with E-state index in [1.165, 1.54) is 40.1 Å². The lowest BCUT2D eigenvalue weighted by atomic mass is 10.1. The van der Waals surface area contributed by atoms with Crippen LogP contribution in [0.15, 0.2) is 60.6 Å². The molecule has 0 saturated carbocycles. The van der Waals surface area contributed by atoms with Crippen LogP contribution in [0.5, 0.6) is 0 Å². The van der Waals surface area contributed by atoms with Crippen LogP contribution in [0.2, 0.25) is 0 Å². The van der Waals surface area contributed by atoms with Gasteiger partial charge in [-0.15, -0.1) is 11.3 Å². The predicted molar refractivity (Wildman–Crippen MR) is 138 cm³/mol. The molecule has 1 amide bonds. The largest absolute Gasteiger partial charge is 0.365 e. The highest BCUT2D eigenvalue weighted by Crippen LogP contribution is 2.32. The summed E-state index contributed by atoms with van der Waals surface area (Å²) in [7, 11) is 0. The first kappa shape index (κ1) is 23.6. The molecular weight excluding hydrogens is 428 g/mol. The van der Waals surface area contributed by atoms with Crippen LogP contribution in [0.25, 0.3) is 11.1 Å². The van der Waals surface area contributed by atoms with Crippen LogP contribution in [0, 0.1) is 0 Å². The van der Waals surface area contributed by atoms with Crippen molar-refractivity contribution in [2.24, 2.45) is 0 Å². The predicted octanol–water partition coefficient (Wildman–Crippen LogP) is 5.08. The Balaban J connectivity index is 1.47. The monoisotopic (exact) mass is 464 g/mol. The van der Waals surface area contributed by atoms with Gasteiger partial charge >= 0.3 is 0 Å². The minimum Gasteiger partial charge on any atom is -0.365 e. The van der Waals surface area contributed by atoms with Crippen molar-refractivity contribution in [3.8, 4) is 11.1 Å². The number of rotatable bonds is 9. The van der Waals surface area contributed by atoms with E-state index < -0.39 is 6.17 Å². The second kappa shape index (κ2) is 11.5. The third-order valence-electron chi connectivity index (χ3n) is 6.29. The Morgan fingerprint density at radius 1 is 1.12 bits per heavy atom. The maximum atomic E-state index is 13.4. The van der Waals surface area contributed by atoms with Gasteiger partial charge in [-0.05, 0) is 49.3 Å². The number of carbonyl (C=O) groups excluding carboxylic acids is 1. The molecule has 5 nitrogen and oxygen atoms in total. The molecule has 0 radical (unpaired) electrons. The lowest BCUT2D eigenvalue weighted by molar-refractivity contribution is -0.134. The highest BCUT2D eigenvalue weighted by Gasteiger charge is 2.32. The molecule has 2 aliphatic rings. The van der Waals surface area contributed by atoms with E-state index in [0.29, 0.717) is 13.1 Å². The van der Waals surface area contributed by atoms with Crippen LogP contribution in [0.3, 0.4) is 0 Å². The molecule has 176 valence electrons. The molecule has 2 aromatic rings. The summed E-state index contributed by atoms with van der Waals surface area (Å²) in [6, 6.07) is 12.8. The first-order valence-electron chi connectivity index (χ1n) is 12.3. The minimum absolute atomic E-state index is 0.0920. The molecule has 0 aliphatic carbocycles. The zero-order valence-corrected chi connectivity index (χ0v) is 20.7. The van der Waals surface area contributed by atoms with Crippen LogP contribution < -0.4 is 10.6 Å². The lowest BCUT2D eigenvalue weighted by Crippen LogP contribution is -2.58. The Labute approximate surface area is 202 Å². The molecule has 6 heteroatoms. The highest BCUT2D eigenvalue weighted by atomic mass is 32.1. The number of allylic oxidation sites excluding steroid dienone is 1. The van der Waals surface area contributed by atoms with Crippen LogP contribution in [-0.2, 0) is 17.8 Å². The first-order chi connectivity index (χ1) is 16.2. The van der Waals surface area contributed by atoms with Gasteiger partial charge in [-0.25, -0.2) is 0 Å². The summed E-state index contributed by atoms with van der Waals surface area (Å²) in [5, 5.41) is 6.82. The van der Waals surface area contributed by atoms with Crippen LogP contribution in [0.1, 0.15) is 49.3 Å². The number of aryl methyl sites for hydroxylation is 1. The Morgan fingerprint density at radius 3 is 2.64 bits per heavy atom. The maximum absolute atomic E-state index is 13.4. The minimum atomic E-state index is -0.416. The van der Waals surface area contributed by atoms with Crippen molar-refractivity contribution in [1.82, 2.24) is 20.4 Å². The summed E-state index contributed by atoms with van der Waals surface area (Å²) in [6.07, 6.45) is 11.5. The second-order valence-corrected chi connectivity index (χ2v) is 9.85. The van der Waals surface area contributed by atoms with Gasteiger partial charge in [-0.1, -0.05) is 56.3 Å². The van der Waals surface area contributed by atoms with E-state index in [4.69, 9.17) is 0 Å². The maximum Gasteiger partial charge on any atom is 0.265 e. The summed E-state index contributed by atoms with van der Waals surface area (Å²) in [5.41, 5.74) is 2.56. The van der Waals surface area contributed by atoms with Crippen molar-refractivity contribution in [3.05, 3.63) is 70.3 Å². The molecule has 2 N–H and O–H groups in total.